The number of rotatable bonds is 1. The van der Waals surface area contributed by atoms with Gasteiger partial charge in [-0.25, -0.2) is 0 Å². The second-order valence-corrected chi connectivity index (χ2v) is 13.9. The van der Waals surface area contributed by atoms with Gasteiger partial charge in [0.15, 0.2) is 0 Å². The summed E-state index contributed by atoms with van der Waals surface area (Å²) in [7, 11) is -1.31. The largest absolute Gasteiger partial charge is 0.365 e. The minimum atomic E-state index is -1.31. The van der Waals surface area contributed by atoms with E-state index in [-0.39, 0.29) is 5.54 Å². The molecule has 0 aromatic heterocycles. The van der Waals surface area contributed by atoms with Gasteiger partial charge in [0.1, 0.15) is 8.07 Å². The van der Waals surface area contributed by atoms with Crippen LogP contribution < -0.4 is 10.2 Å². The van der Waals surface area contributed by atoms with Gasteiger partial charge in [-0.15, -0.1) is 5.54 Å². The van der Waals surface area contributed by atoms with Crippen molar-refractivity contribution in [3.05, 3.63) is 29.8 Å². The minimum Gasteiger partial charge on any atom is -0.365 e. The number of nitrogens with one attached hydrogen (secondary N) is 1. The standard InChI is InChI=1S/C21H32N2Si/c1-21(2)16-23(20-9-7-6-8-19(20)22-21)18-12-10-17(11-13-18)14-15-24(3,4)5/h10-13,19-20,22H,6-9,16H2,1-5H3/t19-,20-/m1/s1. The third-order valence-electron chi connectivity index (χ3n) is 5.05. The van der Waals surface area contributed by atoms with Gasteiger partial charge in [0.2, 0.25) is 0 Å². The SMILES string of the molecule is CC1(C)CN(c2ccc(C#C[Si](C)(C)C)cc2)[C@@H]2CCCC[C@H]2N1. The molecule has 1 aliphatic heterocycles. The molecule has 2 nitrogen and oxygen atoms in total. The highest BCUT2D eigenvalue weighted by Gasteiger charge is 2.40. The van der Waals surface area contributed by atoms with Crippen LogP contribution in [0.5, 0.6) is 0 Å². The number of nitrogens with zero attached hydrogens (tertiary/aromatic N) is 1. The second-order valence-electron chi connectivity index (χ2n) is 9.16. The normalized spacial score (nSPS) is 26.3. The molecule has 1 aromatic rings. The van der Waals surface area contributed by atoms with E-state index in [1.54, 1.807) is 0 Å². The average molecular weight is 341 g/mol. The Labute approximate surface area is 149 Å². The summed E-state index contributed by atoms with van der Waals surface area (Å²) < 4.78 is 0. The van der Waals surface area contributed by atoms with Gasteiger partial charge in [0.25, 0.3) is 0 Å². The number of fused-ring (bicyclic) bond motifs is 1. The zero-order chi connectivity index (χ0) is 17.4. The summed E-state index contributed by atoms with van der Waals surface area (Å²) in [4.78, 5) is 2.65. The molecule has 0 bridgehead atoms. The van der Waals surface area contributed by atoms with Crippen molar-refractivity contribution >= 4 is 13.8 Å². The lowest BCUT2D eigenvalue weighted by atomic mass is 9.83. The van der Waals surface area contributed by atoms with Crippen molar-refractivity contribution in [2.24, 2.45) is 0 Å². The van der Waals surface area contributed by atoms with Crippen LogP contribution in [0, 0.1) is 11.5 Å². The van der Waals surface area contributed by atoms with Crippen LogP contribution in [0.2, 0.25) is 19.6 Å². The number of piperazine rings is 1. The van der Waals surface area contributed by atoms with Gasteiger partial charge < -0.3 is 10.2 Å². The fourth-order valence-electron chi connectivity index (χ4n) is 4.02. The van der Waals surface area contributed by atoms with E-state index >= 15 is 0 Å². The maximum atomic E-state index is 3.88. The number of anilines is 1. The zero-order valence-corrected chi connectivity index (χ0v) is 16.9. The Morgan fingerprint density at radius 1 is 1.08 bits per heavy atom. The summed E-state index contributed by atoms with van der Waals surface area (Å²) in [6.45, 7) is 12.6. The molecule has 1 aliphatic carbocycles. The maximum absolute atomic E-state index is 3.88. The van der Waals surface area contributed by atoms with E-state index in [0.717, 1.165) is 12.1 Å². The van der Waals surface area contributed by atoms with E-state index in [9.17, 15) is 0 Å². The molecular formula is C21H32N2Si. The molecule has 1 saturated heterocycles. The van der Waals surface area contributed by atoms with Crippen LogP contribution in [0.15, 0.2) is 24.3 Å². The van der Waals surface area contributed by atoms with Crippen LogP contribution in [0.3, 0.4) is 0 Å². The first kappa shape index (κ1) is 17.6. The van der Waals surface area contributed by atoms with Crippen LogP contribution in [0.1, 0.15) is 45.1 Å². The Morgan fingerprint density at radius 2 is 1.75 bits per heavy atom. The minimum absolute atomic E-state index is 0.175. The Balaban J connectivity index is 1.82. The van der Waals surface area contributed by atoms with E-state index < -0.39 is 8.07 Å². The molecule has 2 fully saturated rings. The Morgan fingerprint density at radius 3 is 2.42 bits per heavy atom. The molecule has 2 atom stereocenters. The molecule has 130 valence electrons. The molecular weight excluding hydrogens is 308 g/mol. The van der Waals surface area contributed by atoms with Gasteiger partial charge in [-0.05, 0) is 51.0 Å². The second kappa shape index (κ2) is 6.58. The monoisotopic (exact) mass is 340 g/mol. The summed E-state index contributed by atoms with van der Waals surface area (Å²) in [5, 5.41) is 3.88. The van der Waals surface area contributed by atoms with Crippen molar-refractivity contribution in [3.63, 3.8) is 0 Å². The smallest absolute Gasteiger partial charge is 0.129 e. The van der Waals surface area contributed by atoms with Crippen LogP contribution in [-0.2, 0) is 0 Å². The van der Waals surface area contributed by atoms with Crippen molar-refractivity contribution in [3.8, 4) is 11.5 Å². The van der Waals surface area contributed by atoms with Crippen molar-refractivity contribution in [1.82, 2.24) is 5.32 Å². The number of hydrogen-bond acceptors (Lipinski definition) is 2. The quantitative estimate of drug-likeness (QED) is 0.601. The van der Waals surface area contributed by atoms with Gasteiger partial charge >= 0.3 is 0 Å². The summed E-state index contributed by atoms with van der Waals surface area (Å²) in [6, 6.07) is 10.2. The van der Waals surface area contributed by atoms with Crippen LogP contribution in [0.4, 0.5) is 5.69 Å². The van der Waals surface area contributed by atoms with Gasteiger partial charge in [-0.3, -0.25) is 0 Å². The summed E-state index contributed by atoms with van der Waals surface area (Å²) in [6.07, 6.45) is 5.35. The summed E-state index contributed by atoms with van der Waals surface area (Å²) >= 11 is 0. The molecule has 3 rings (SSSR count). The maximum Gasteiger partial charge on any atom is 0.129 e. The van der Waals surface area contributed by atoms with Crippen molar-refractivity contribution in [2.75, 3.05) is 11.4 Å². The fraction of sp³-hybridized carbons (Fsp3) is 0.619. The van der Waals surface area contributed by atoms with Crippen LogP contribution >= 0.6 is 0 Å². The highest BCUT2D eigenvalue weighted by molar-refractivity contribution is 6.83. The van der Waals surface area contributed by atoms with Crippen molar-refractivity contribution < 1.29 is 0 Å². The van der Waals surface area contributed by atoms with Crippen LogP contribution in [0.25, 0.3) is 0 Å². The molecule has 24 heavy (non-hydrogen) atoms. The number of benzene rings is 1. The molecule has 0 radical (unpaired) electrons. The average Bonchev–Trinajstić information content (AvgIpc) is 2.51. The molecule has 1 saturated carbocycles. The topological polar surface area (TPSA) is 15.3 Å². The lowest BCUT2D eigenvalue weighted by Gasteiger charge is -2.52. The van der Waals surface area contributed by atoms with E-state index in [1.807, 2.05) is 0 Å². The molecule has 1 heterocycles. The lowest BCUT2D eigenvalue weighted by Crippen LogP contribution is -2.67. The summed E-state index contributed by atoms with van der Waals surface area (Å²) in [5.41, 5.74) is 6.15. The van der Waals surface area contributed by atoms with E-state index in [2.05, 4.69) is 79.4 Å². The van der Waals surface area contributed by atoms with Crippen molar-refractivity contribution in [2.45, 2.75) is 76.8 Å². The Kier molecular flexibility index (Phi) is 4.82. The predicted molar refractivity (Wildman–Crippen MR) is 107 cm³/mol. The van der Waals surface area contributed by atoms with E-state index in [0.29, 0.717) is 12.1 Å². The summed E-state index contributed by atoms with van der Waals surface area (Å²) in [5.74, 6) is 3.37. The molecule has 1 aromatic carbocycles. The van der Waals surface area contributed by atoms with Gasteiger partial charge in [0, 0.05) is 35.4 Å². The molecule has 0 spiro atoms. The van der Waals surface area contributed by atoms with Crippen molar-refractivity contribution in [1.29, 1.82) is 0 Å². The van der Waals surface area contributed by atoms with Gasteiger partial charge in [-0.2, -0.15) is 0 Å². The predicted octanol–water partition coefficient (Wildman–Crippen LogP) is 4.41. The molecule has 0 unspecified atom stereocenters. The Hall–Kier alpha value is -1.24. The third-order valence-corrected chi connectivity index (χ3v) is 5.93. The number of hydrogen-bond donors (Lipinski definition) is 1. The van der Waals surface area contributed by atoms with E-state index in [1.165, 1.54) is 31.4 Å². The molecule has 3 heteroatoms. The first-order valence-electron chi connectivity index (χ1n) is 9.41. The third kappa shape index (κ3) is 4.23. The first-order valence-corrected chi connectivity index (χ1v) is 12.9. The molecule has 2 aliphatic rings. The highest BCUT2D eigenvalue weighted by Crippen LogP contribution is 2.33. The lowest BCUT2D eigenvalue weighted by molar-refractivity contribution is 0.199. The fourth-order valence-corrected chi connectivity index (χ4v) is 4.54. The van der Waals surface area contributed by atoms with Crippen LogP contribution in [-0.4, -0.2) is 32.2 Å². The van der Waals surface area contributed by atoms with Gasteiger partial charge in [-0.1, -0.05) is 38.4 Å². The highest BCUT2D eigenvalue weighted by atomic mass is 28.3. The molecule has 0 amide bonds. The zero-order valence-electron chi connectivity index (χ0n) is 15.9. The Bertz CT molecular complexity index is 631. The molecule has 1 N–H and O–H groups in total. The van der Waals surface area contributed by atoms with Gasteiger partial charge in [0.05, 0.1) is 0 Å². The van der Waals surface area contributed by atoms with E-state index in [4.69, 9.17) is 0 Å². The first-order chi connectivity index (χ1) is 11.2.